The van der Waals surface area contributed by atoms with Crippen LogP contribution in [0.2, 0.25) is 0 Å². The fourth-order valence-corrected chi connectivity index (χ4v) is 3.39. The molecule has 0 radical (unpaired) electrons. The molecule has 8 nitrogen and oxygen atoms in total. The quantitative estimate of drug-likeness (QED) is 0.747. The molecular weight excluding hydrogens is 342 g/mol. The number of rotatable bonds is 5. The Kier molecular flexibility index (Phi) is 4.88. The van der Waals surface area contributed by atoms with Gasteiger partial charge >= 0.3 is 0 Å². The summed E-state index contributed by atoms with van der Waals surface area (Å²) in [5.74, 6) is 1.15. The lowest BCUT2D eigenvalue weighted by atomic mass is 10.1. The molecule has 27 heavy (non-hydrogen) atoms. The van der Waals surface area contributed by atoms with Crippen molar-refractivity contribution in [3.05, 3.63) is 66.4 Å². The van der Waals surface area contributed by atoms with E-state index in [1.165, 1.54) is 12.4 Å². The molecule has 0 spiro atoms. The highest BCUT2D eigenvalue weighted by Gasteiger charge is 2.28. The number of amides is 1. The second kappa shape index (κ2) is 7.63. The number of anilines is 1. The zero-order valence-electron chi connectivity index (χ0n) is 15.1. The van der Waals surface area contributed by atoms with Crippen LogP contribution in [-0.4, -0.2) is 41.9 Å². The van der Waals surface area contributed by atoms with Gasteiger partial charge in [0, 0.05) is 31.8 Å². The lowest BCUT2D eigenvalue weighted by Crippen LogP contribution is -2.25. The molecule has 1 amide bonds. The molecule has 1 saturated heterocycles. The number of imidazole rings is 1. The van der Waals surface area contributed by atoms with Crippen molar-refractivity contribution < 1.29 is 4.79 Å². The van der Waals surface area contributed by atoms with E-state index in [2.05, 4.69) is 30.2 Å². The van der Waals surface area contributed by atoms with Crippen molar-refractivity contribution in [2.45, 2.75) is 25.4 Å². The number of carbonyl (C=O) groups excluding carboxylic acids is 1. The average Bonchev–Trinajstić information content (AvgIpc) is 3.32. The van der Waals surface area contributed by atoms with Crippen LogP contribution in [0.4, 0.5) is 5.82 Å². The number of pyridine rings is 1. The van der Waals surface area contributed by atoms with Gasteiger partial charge in [-0.2, -0.15) is 0 Å². The number of hydrogen-bond donors (Lipinski definition) is 1. The summed E-state index contributed by atoms with van der Waals surface area (Å²) in [5.41, 5.74) is 1.29. The van der Waals surface area contributed by atoms with Crippen molar-refractivity contribution in [1.29, 1.82) is 0 Å². The molecule has 8 heteroatoms. The van der Waals surface area contributed by atoms with Gasteiger partial charge < -0.3 is 9.88 Å². The molecule has 0 unspecified atom stereocenters. The van der Waals surface area contributed by atoms with E-state index >= 15 is 0 Å². The molecule has 0 saturated carbocycles. The van der Waals surface area contributed by atoms with Gasteiger partial charge in [-0.25, -0.2) is 15.0 Å². The first-order valence-corrected chi connectivity index (χ1v) is 8.95. The van der Waals surface area contributed by atoms with E-state index in [0.29, 0.717) is 11.5 Å². The molecule has 1 aliphatic heterocycles. The van der Waals surface area contributed by atoms with Crippen molar-refractivity contribution >= 4 is 11.7 Å². The number of likely N-dealkylation sites (tertiary alicyclic amines) is 1. The summed E-state index contributed by atoms with van der Waals surface area (Å²) in [6, 6.07) is 5.77. The van der Waals surface area contributed by atoms with Crippen LogP contribution in [0.3, 0.4) is 0 Å². The first-order valence-electron chi connectivity index (χ1n) is 8.95. The van der Waals surface area contributed by atoms with E-state index < -0.39 is 0 Å². The zero-order chi connectivity index (χ0) is 18.6. The van der Waals surface area contributed by atoms with E-state index in [4.69, 9.17) is 0 Å². The third-order valence-corrected chi connectivity index (χ3v) is 4.78. The average molecular weight is 363 g/mol. The van der Waals surface area contributed by atoms with Crippen LogP contribution < -0.4 is 5.32 Å². The van der Waals surface area contributed by atoms with Crippen LogP contribution in [0.1, 0.15) is 40.9 Å². The van der Waals surface area contributed by atoms with Crippen LogP contribution in [0.15, 0.2) is 49.2 Å². The maximum Gasteiger partial charge on any atom is 0.275 e. The molecule has 4 rings (SSSR count). The predicted octanol–water partition coefficient (Wildman–Crippen LogP) is 2.19. The van der Waals surface area contributed by atoms with Crippen molar-refractivity contribution in [2.24, 2.45) is 7.05 Å². The third-order valence-electron chi connectivity index (χ3n) is 4.78. The van der Waals surface area contributed by atoms with Crippen LogP contribution >= 0.6 is 0 Å². The monoisotopic (exact) mass is 363 g/mol. The van der Waals surface area contributed by atoms with Gasteiger partial charge in [0.05, 0.1) is 24.5 Å². The molecule has 1 aliphatic rings. The Morgan fingerprint density at radius 3 is 2.96 bits per heavy atom. The topological polar surface area (TPSA) is 88.8 Å². The number of aryl methyl sites for hydroxylation is 1. The maximum absolute atomic E-state index is 12.5. The summed E-state index contributed by atoms with van der Waals surface area (Å²) in [5, 5.41) is 2.73. The van der Waals surface area contributed by atoms with Gasteiger partial charge in [0.2, 0.25) is 0 Å². The van der Waals surface area contributed by atoms with Gasteiger partial charge in [-0.05, 0) is 31.5 Å². The summed E-state index contributed by atoms with van der Waals surface area (Å²) in [6.45, 7) is 1.76. The highest BCUT2D eigenvalue weighted by Crippen LogP contribution is 2.32. The summed E-state index contributed by atoms with van der Waals surface area (Å²) in [4.78, 5) is 31.9. The molecule has 0 aliphatic carbocycles. The lowest BCUT2D eigenvalue weighted by Gasteiger charge is -2.24. The molecule has 1 N–H and O–H groups in total. The Hall–Kier alpha value is -3.13. The number of nitrogens with one attached hydrogen (secondary N) is 1. The maximum atomic E-state index is 12.5. The standard InChI is InChI=1S/C19H21N7O/c1-25-11-9-22-18(25)13-26-10-3-6-16(26)14-4-2-5-15(23-14)19(27)24-17-12-20-7-8-21-17/h2,4-5,7-9,11-12,16H,3,6,10,13H2,1H3,(H,21,24,27)/t16-/m0/s1. The molecule has 3 aromatic heterocycles. The largest absolute Gasteiger partial charge is 0.337 e. The minimum absolute atomic E-state index is 0.186. The van der Waals surface area contributed by atoms with E-state index in [1.807, 2.05) is 36.1 Å². The Balaban J connectivity index is 1.51. The van der Waals surface area contributed by atoms with Crippen molar-refractivity contribution in [3.8, 4) is 0 Å². The molecule has 0 aromatic carbocycles. The summed E-state index contributed by atoms with van der Waals surface area (Å²) in [6.07, 6.45) is 10.5. The molecule has 138 valence electrons. The smallest absolute Gasteiger partial charge is 0.275 e. The van der Waals surface area contributed by atoms with Crippen LogP contribution in [0, 0.1) is 0 Å². The summed E-state index contributed by atoms with van der Waals surface area (Å²) >= 11 is 0. The Bertz CT molecular complexity index is 925. The Labute approximate surface area is 157 Å². The number of aromatic nitrogens is 5. The van der Waals surface area contributed by atoms with E-state index in [-0.39, 0.29) is 11.9 Å². The Morgan fingerprint density at radius 2 is 2.19 bits per heavy atom. The number of hydrogen-bond acceptors (Lipinski definition) is 6. The second-order valence-electron chi connectivity index (χ2n) is 6.58. The number of carbonyl (C=O) groups is 1. The van der Waals surface area contributed by atoms with Crippen LogP contribution in [0.5, 0.6) is 0 Å². The van der Waals surface area contributed by atoms with Gasteiger partial charge in [0.1, 0.15) is 11.5 Å². The minimum Gasteiger partial charge on any atom is -0.337 e. The van der Waals surface area contributed by atoms with Gasteiger partial charge in [0.15, 0.2) is 5.82 Å². The van der Waals surface area contributed by atoms with Crippen LogP contribution in [0.25, 0.3) is 0 Å². The molecular formula is C19H21N7O. The zero-order valence-corrected chi connectivity index (χ0v) is 15.1. The molecule has 4 heterocycles. The fourth-order valence-electron chi connectivity index (χ4n) is 3.39. The van der Waals surface area contributed by atoms with E-state index in [9.17, 15) is 4.79 Å². The summed E-state index contributed by atoms with van der Waals surface area (Å²) < 4.78 is 2.04. The normalized spacial score (nSPS) is 17.1. The molecule has 3 aromatic rings. The first-order chi connectivity index (χ1) is 13.2. The molecule has 0 bridgehead atoms. The van der Waals surface area contributed by atoms with Crippen molar-refractivity contribution in [1.82, 2.24) is 29.4 Å². The van der Waals surface area contributed by atoms with Crippen molar-refractivity contribution in [3.63, 3.8) is 0 Å². The summed E-state index contributed by atoms with van der Waals surface area (Å²) in [7, 11) is 2.00. The molecule has 1 atom stereocenters. The number of nitrogens with zero attached hydrogens (tertiary/aromatic N) is 6. The Morgan fingerprint density at radius 1 is 1.26 bits per heavy atom. The van der Waals surface area contributed by atoms with E-state index in [0.717, 1.165) is 37.4 Å². The van der Waals surface area contributed by atoms with Gasteiger partial charge in [0.25, 0.3) is 5.91 Å². The van der Waals surface area contributed by atoms with Crippen LogP contribution in [-0.2, 0) is 13.6 Å². The SMILES string of the molecule is Cn1ccnc1CN1CCC[C@H]1c1cccc(C(=O)Nc2cnccn2)n1. The van der Waals surface area contributed by atoms with E-state index in [1.54, 1.807) is 12.3 Å². The highest BCUT2D eigenvalue weighted by atomic mass is 16.1. The lowest BCUT2D eigenvalue weighted by molar-refractivity contribution is 0.102. The highest BCUT2D eigenvalue weighted by molar-refractivity contribution is 6.02. The van der Waals surface area contributed by atoms with Gasteiger partial charge in [-0.3, -0.25) is 14.7 Å². The van der Waals surface area contributed by atoms with Gasteiger partial charge in [-0.15, -0.1) is 0 Å². The predicted molar refractivity (Wildman–Crippen MR) is 99.8 cm³/mol. The minimum atomic E-state index is -0.286. The third kappa shape index (κ3) is 3.85. The second-order valence-corrected chi connectivity index (χ2v) is 6.58. The van der Waals surface area contributed by atoms with Crippen molar-refractivity contribution in [2.75, 3.05) is 11.9 Å². The fraction of sp³-hybridized carbons (Fsp3) is 0.316. The molecule has 1 fully saturated rings. The first kappa shape index (κ1) is 17.3. The van der Waals surface area contributed by atoms with Gasteiger partial charge in [-0.1, -0.05) is 6.07 Å².